The van der Waals surface area contributed by atoms with Crippen molar-refractivity contribution in [1.82, 2.24) is 15.7 Å². The van der Waals surface area contributed by atoms with Gasteiger partial charge in [0.05, 0.1) is 11.2 Å². The lowest BCUT2D eigenvalue weighted by atomic mass is 10.1. The molecule has 0 unspecified atom stereocenters. The van der Waals surface area contributed by atoms with E-state index in [-0.39, 0.29) is 17.8 Å². The second kappa shape index (κ2) is 7.13. The zero-order chi connectivity index (χ0) is 17.3. The molecule has 132 valence electrons. The summed E-state index contributed by atoms with van der Waals surface area (Å²) in [5, 5.41) is 0. The molecular weight excluding hydrogens is 322 g/mol. The highest BCUT2D eigenvalue weighted by Gasteiger charge is 2.23. The SMILES string of the molecule is CC(C)(N)c1nc(-c2cccc(F)c2)cn1Cc1cccc(F)c1.N. The van der Waals surface area contributed by atoms with Gasteiger partial charge in [0.25, 0.3) is 0 Å². The highest BCUT2D eigenvalue weighted by molar-refractivity contribution is 5.58. The normalized spacial score (nSPS) is 11.2. The minimum atomic E-state index is -0.682. The Hall–Kier alpha value is -2.57. The van der Waals surface area contributed by atoms with Gasteiger partial charge in [-0.05, 0) is 43.7 Å². The summed E-state index contributed by atoms with van der Waals surface area (Å²) >= 11 is 0. The number of nitrogens with zero attached hydrogens (tertiary/aromatic N) is 2. The number of benzene rings is 2. The molecule has 2 aromatic carbocycles. The van der Waals surface area contributed by atoms with Crippen LogP contribution in [0.15, 0.2) is 54.7 Å². The molecule has 3 aromatic rings. The van der Waals surface area contributed by atoms with Crippen LogP contribution in [0.25, 0.3) is 11.3 Å². The van der Waals surface area contributed by atoms with Gasteiger partial charge in [0.15, 0.2) is 0 Å². The zero-order valence-corrected chi connectivity index (χ0v) is 14.3. The third-order valence-electron chi connectivity index (χ3n) is 3.72. The third-order valence-corrected chi connectivity index (χ3v) is 3.72. The second-order valence-electron chi connectivity index (χ2n) is 6.44. The maximum absolute atomic E-state index is 13.5. The predicted molar refractivity (Wildman–Crippen MR) is 95.4 cm³/mol. The number of aromatic nitrogens is 2. The largest absolute Gasteiger partial charge is 0.344 e. The molecular formula is C19H22F2N4. The minimum absolute atomic E-state index is 0. The standard InChI is InChI=1S/C19H19F2N3.H3N/c1-19(2,22)18-23-17(14-6-4-8-16(21)10-14)12-24(18)11-13-5-3-7-15(20)9-13;/h3-10,12H,11,22H2,1-2H3;1H3. The first-order valence-corrected chi connectivity index (χ1v) is 7.70. The fourth-order valence-corrected chi connectivity index (χ4v) is 2.67. The summed E-state index contributed by atoms with van der Waals surface area (Å²) in [5.41, 5.74) is 7.68. The third kappa shape index (κ3) is 4.29. The number of hydrogen-bond donors (Lipinski definition) is 2. The predicted octanol–water partition coefficient (Wildman–Crippen LogP) is 4.23. The van der Waals surface area contributed by atoms with Crippen LogP contribution in [0, 0.1) is 11.6 Å². The quantitative estimate of drug-likeness (QED) is 0.743. The second-order valence-corrected chi connectivity index (χ2v) is 6.44. The van der Waals surface area contributed by atoms with Crippen molar-refractivity contribution in [3.05, 3.63) is 77.8 Å². The van der Waals surface area contributed by atoms with E-state index in [0.29, 0.717) is 23.6 Å². The lowest BCUT2D eigenvalue weighted by molar-refractivity contribution is 0.485. The van der Waals surface area contributed by atoms with Crippen molar-refractivity contribution in [2.24, 2.45) is 5.73 Å². The molecule has 0 aliphatic carbocycles. The molecule has 5 N–H and O–H groups in total. The smallest absolute Gasteiger partial charge is 0.129 e. The van der Waals surface area contributed by atoms with Gasteiger partial charge in [0.2, 0.25) is 0 Å². The van der Waals surface area contributed by atoms with Gasteiger partial charge in [-0.1, -0.05) is 24.3 Å². The van der Waals surface area contributed by atoms with E-state index in [1.165, 1.54) is 24.3 Å². The molecule has 0 amide bonds. The Bertz CT molecular complexity index is 866. The first-order chi connectivity index (χ1) is 11.3. The Labute approximate surface area is 145 Å². The number of imidazole rings is 1. The maximum atomic E-state index is 13.5. The zero-order valence-electron chi connectivity index (χ0n) is 14.3. The van der Waals surface area contributed by atoms with Crippen LogP contribution in [0.5, 0.6) is 0 Å². The van der Waals surface area contributed by atoms with Crippen LogP contribution in [0.3, 0.4) is 0 Å². The molecule has 0 saturated carbocycles. The van der Waals surface area contributed by atoms with Crippen molar-refractivity contribution in [2.45, 2.75) is 25.9 Å². The van der Waals surface area contributed by atoms with Gasteiger partial charge in [0, 0.05) is 18.3 Å². The van der Waals surface area contributed by atoms with Gasteiger partial charge in [0.1, 0.15) is 17.5 Å². The summed E-state index contributed by atoms with van der Waals surface area (Å²) in [6.07, 6.45) is 1.82. The summed E-state index contributed by atoms with van der Waals surface area (Å²) in [6, 6.07) is 12.7. The van der Waals surface area contributed by atoms with E-state index in [1.807, 2.05) is 30.7 Å². The van der Waals surface area contributed by atoms with Crippen LogP contribution < -0.4 is 11.9 Å². The molecule has 6 heteroatoms. The Balaban J connectivity index is 0.00000225. The lowest BCUT2D eigenvalue weighted by Gasteiger charge is -2.19. The summed E-state index contributed by atoms with van der Waals surface area (Å²) in [4.78, 5) is 4.59. The van der Waals surface area contributed by atoms with Crippen molar-refractivity contribution < 1.29 is 8.78 Å². The van der Waals surface area contributed by atoms with E-state index in [2.05, 4.69) is 4.98 Å². The van der Waals surface area contributed by atoms with E-state index < -0.39 is 5.54 Å². The molecule has 0 aliphatic rings. The minimum Gasteiger partial charge on any atom is -0.344 e. The highest BCUT2D eigenvalue weighted by atomic mass is 19.1. The molecule has 1 aromatic heterocycles. The molecule has 0 bridgehead atoms. The molecule has 0 atom stereocenters. The molecule has 25 heavy (non-hydrogen) atoms. The van der Waals surface area contributed by atoms with Gasteiger partial charge < -0.3 is 16.5 Å². The average Bonchev–Trinajstić information content (AvgIpc) is 2.91. The van der Waals surface area contributed by atoms with Gasteiger partial charge in [-0.25, -0.2) is 13.8 Å². The Kier molecular flexibility index (Phi) is 5.35. The molecule has 4 nitrogen and oxygen atoms in total. The van der Waals surface area contributed by atoms with Gasteiger partial charge in [-0.15, -0.1) is 0 Å². The van der Waals surface area contributed by atoms with Crippen LogP contribution in [-0.2, 0) is 12.1 Å². The Morgan fingerprint density at radius 2 is 1.68 bits per heavy atom. The molecule has 1 heterocycles. The van der Waals surface area contributed by atoms with E-state index in [4.69, 9.17) is 5.73 Å². The van der Waals surface area contributed by atoms with Crippen LogP contribution >= 0.6 is 0 Å². The Morgan fingerprint density at radius 3 is 2.28 bits per heavy atom. The number of nitrogens with two attached hydrogens (primary N) is 1. The summed E-state index contributed by atoms with van der Waals surface area (Å²) in [7, 11) is 0. The number of hydrogen-bond acceptors (Lipinski definition) is 3. The first-order valence-electron chi connectivity index (χ1n) is 7.70. The molecule has 0 radical (unpaired) electrons. The van der Waals surface area contributed by atoms with E-state index in [9.17, 15) is 8.78 Å². The van der Waals surface area contributed by atoms with Gasteiger partial charge >= 0.3 is 0 Å². The van der Waals surface area contributed by atoms with E-state index >= 15 is 0 Å². The van der Waals surface area contributed by atoms with Crippen LogP contribution in [0.4, 0.5) is 8.78 Å². The lowest BCUT2D eigenvalue weighted by Crippen LogP contribution is -2.32. The average molecular weight is 344 g/mol. The highest BCUT2D eigenvalue weighted by Crippen LogP contribution is 2.25. The van der Waals surface area contributed by atoms with Crippen molar-refractivity contribution >= 4 is 0 Å². The fraction of sp³-hybridized carbons (Fsp3) is 0.211. The summed E-state index contributed by atoms with van der Waals surface area (Å²) in [6.45, 7) is 4.15. The first kappa shape index (κ1) is 18.8. The monoisotopic (exact) mass is 344 g/mol. The number of halogens is 2. The maximum Gasteiger partial charge on any atom is 0.129 e. The summed E-state index contributed by atoms with van der Waals surface area (Å²) < 4.78 is 28.8. The van der Waals surface area contributed by atoms with E-state index in [1.54, 1.807) is 18.2 Å². The van der Waals surface area contributed by atoms with Crippen molar-refractivity contribution in [2.75, 3.05) is 0 Å². The molecule has 3 rings (SSSR count). The topological polar surface area (TPSA) is 78.8 Å². The fourth-order valence-electron chi connectivity index (χ4n) is 2.67. The molecule has 0 aliphatic heterocycles. The van der Waals surface area contributed by atoms with Gasteiger partial charge in [-0.3, -0.25) is 0 Å². The van der Waals surface area contributed by atoms with Crippen LogP contribution in [0.1, 0.15) is 25.2 Å². The van der Waals surface area contributed by atoms with Crippen molar-refractivity contribution in [3.63, 3.8) is 0 Å². The van der Waals surface area contributed by atoms with Crippen molar-refractivity contribution in [3.8, 4) is 11.3 Å². The molecule has 0 fully saturated rings. The van der Waals surface area contributed by atoms with Gasteiger partial charge in [-0.2, -0.15) is 0 Å². The summed E-state index contributed by atoms with van der Waals surface area (Å²) in [5.74, 6) is 0.0540. The van der Waals surface area contributed by atoms with Crippen LogP contribution in [-0.4, -0.2) is 9.55 Å². The molecule has 0 spiro atoms. The Morgan fingerprint density at radius 1 is 1.04 bits per heavy atom. The molecule has 0 saturated heterocycles. The van der Waals surface area contributed by atoms with E-state index in [0.717, 1.165) is 5.56 Å². The number of rotatable bonds is 4. The van der Waals surface area contributed by atoms with Crippen molar-refractivity contribution in [1.29, 1.82) is 0 Å². The van der Waals surface area contributed by atoms with Crippen LogP contribution in [0.2, 0.25) is 0 Å².